The number of esters is 4. The molecule has 2 atom stereocenters. The molecule has 0 fully saturated rings. The molecule has 0 radical (unpaired) electrons. The first-order chi connectivity index (χ1) is 18.1. The van der Waals surface area contributed by atoms with Crippen molar-refractivity contribution >= 4 is 23.9 Å². The predicted molar refractivity (Wildman–Crippen MR) is 138 cm³/mol. The van der Waals surface area contributed by atoms with Gasteiger partial charge in [-0.05, 0) is 26.7 Å². The molecule has 0 aromatic carbocycles. The maximum absolute atomic E-state index is 11.6. The third-order valence-electron chi connectivity index (χ3n) is 4.46. The zero-order chi connectivity index (χ0) is 28.8. The van der Waals surface area contributed by atoms with Crippen LogP contribution >= 0.6 is 0 Å². The molecule has 214 valence electrons. The molecular weight excluding hydrogens is 500 g/mol. The lowest BCUT2D eigenvalue weighted by Gasteiger charge is -2.18. The zero-order valence-electron chi connectivity index (χ0n) is 22.3. The van der Waals surface area contributed by atoms with Crippen molar-refractivity contribution < 1.29 is 47.8 Å². The lowest BCUT2D eigenvalue weighted by molar-refractivity contribution is -0.156. The number of carbonyl (C=O) groups excluding carboxylic acids is 4. The standard InChI is InChI=1S/C26H40N2O10/c1-7-23(29)33-15-21(17-35-25(31)19(3)4)37-27-13-11-9-10-12-14-28-38-22(16-34-24(30)8-2)18-36-26(32)20(5)6/h7-8,21-22,27-28H,1-3,5,9-18H2,4,6H3. The Labute approximate surface area is 223 Å². The van der Waals surface area contributed by atoms with Crippen LogP contribution in [0.15, 0.2) is 49.6 Å². The first kappa shape index (κ1) is 34.7. The Hall–Kier alpha value is -3.32. The summed E-state index contributed by atoms with van der Waals surface area (Å²) in [7, 11) is 0. The summed E-state index contributed by atoms with van der Waals surface area (Å²) in [6, 6.07) is 0. The van der Waals surface area contributed by atoms with E-state index in [0.29, 0.717) is 13.1 Å². The Bertz CT molecular complexity index is 746. The van der Waals surface area contributed by atoms with Gasteiger partial charge in [0.1, 0.15) is 38.6 Å². The van der Waals surface area contributed by atoms with E-state index in [1.54, 1.807) is 0 Å². The summed E-state index contributed by atoms with van der Waals surface area (Å²) in [4.78, 5) is 56.6. The molecule has 0 aliphatic heterocycles. The normalized spacial score (nSPS) is 11.9. The summed E-state index contributed by atoms with van der Waals surface area (Å²) in [6.45, 7) is 17.3. The fraction of sp³-hybridized carbons (Fsp3) is 0.538. The lowest BCUT2D eigenvalue weighted by atomic mass is 10.2. The van der Waals surface area contributed by atoms with E-state index >= 15 is 0 Å². The molecule has 12 heteroatoms. The number of ether oxygens (including phenoxy) is 4. The van der Waals surface area contributed by atoms with Crippen molar-refractivity contribution in [3.05, 3.63) is 49.6 Å². The Morgan fingerprint density at radius 3 is 1.29 bits per heavy atom. The second-order valence-electron chi connectivity index (χ2n) is 8.11. The summed E-state index contributed by atoms with van der Waals surface area (Å²) in [5, 5.41) is 0. The summed E-state index contributed by atoms with van der Waals surface area (Å²) in [5.41, 5.74) is 6.07. The molecular formula is C26H40N2O10. The van der Waals surface area contributed by atoms with E-state index in [1.807, 2.05) is 0 Å². The molecule has 0 rings (SSSR count). The van der Waals surface area contributed by atoms with Gasteiger partial charge in [0.15, 0.2) is 0 Å². The Morgan fingerprint density at radius 2 is 0.974 bits per heavy atom. The molecule has 0 aliphatic carbocycles. The molecule has 0 spiro atoms. The molecule has 38 heavy (non-hydrogen) atoms. The maximum atomic E-state index is 11.6. The van der Waals surface area contributed by atoms with E-state index in [9.17, 15) is 19.2 Å². The molecule has 0 amide bonds. The number of hydrogen-bond acceptors (Lipinski definition) is 12. The third kappa shape index (κ3) is 18.9. The van der Waals surface area contributed by atoms with Gasteiger partial charge in [-0.15, -0.1) is 0 Å². The van der Waals surface area contributed by atoms with E-state index in [2.05, 4.69) is 37.3 Å². The Kier molecular flexibility index (Phi) is 19.8. The number of unbranched alkanes of at least 4 members (excludes halogenated alkanes) is 3. The molecule has 2 N–H and O–H groups in total. The molecule has 12 nitrogen and oxygen atoms in total. The van der Waals surface area contributed by atoms with Crippen molar-refractivity contribution in [3.63, 3.8) is 0 Å². The largest absolute Gasteiger partial charge is 0.460 e. The third-order valence-corrected chi connectivity index (χ3v) is 4.46. The topological polar surface area (TPSA) is 148 Å². The van der Waals surface area contributed by atoms with Crippen LogP contribution in [-0.2, 0) is 47.8 Å². The number of hydroxylamine groups is 2. The van der Waals surface area contributed by atoms with Crippen LogP contribution in [0.4, 0.5) is 0 Å². The predicted octanol–water partition coefficient (Wildman–Crippen LogP) is 2.02. The maximum Gasteiger partial charge on any atom is 0.333 e. The number of hydrogen-bond donors (Lipinski definition) is 2. The average Bonchev–Trinajstić information content (AvgIpc) is 2.90. The van der Waals surface area contributed by atoms with Crippen molar-refractivity contribution in [2.75, 3.05) is 39.5 Å². The van der Waals surface area contributed by atoms with Crippen LogP contribution in [0.3, 0.4) is 0 Å². The smallest absolute Gasteiger partial charge is 0.333 e. The molecule has 0 saturated carbocycles. The van der Waals surface area contributed by atoms with Gasteiger partial charge in [0.25, 0.3) is 0 Å². The highest BCUT2D eigenvalue weighted by Gasteiger charge is 2.17. The minimum absolute atomic E-state index is 0.116. The minimum atomic E-state index is -0.697. The first-order valence-corrected chi connectivity index (χ1v) is 12.1. The monoisotopic (exact) mass is 540 g/mol. The van der Waals surface area contributed by atoms with Gasteiger partial charge in [0.2, 0.25) is 0 Å². The van der Waals surface area contributed by atoms with E-state index in [4.69, 9.17) is 28.6 Å². The highest BCUT2D eigenvalue weighted by molar-refractivity contribution is 5.87. The van der Waals surface area contributed by atoms with E-state index in [-0.39, 0.29) is 37.6 Å². The molecule has 0 bridgehead atoms. The quantitative estimate of drug-likeness (QED) is 0.0642. The van der Waals surface area contributed by atoms with Crippen LogP contribution in [0.2, 0.25) is 0 Å². The van der Waals surface area contributed by atoms with Gasteiger partial charge < -0.3 is 18.9 Å². The SMILES string of the molecule is C=CC(=O)OCC(COC(=O)C(=C)C)ONCCCCCCNOC(COC(=O)C=C)COC(=O)C(=C)C. The van der Waals surface area contributed by atoms with Gasteiger partial charge in [-0.3, -0.25) is 9.68 Å². The van der Waals surface area contributed by atoms with Crippen molar-refractivity contribution in [3.8, 4) is 0 Å². The van der Waals surface area contributed by atoms with Crippen LogP contribution in [-0.4, -0.2) is 75.6 Å². The van der Waals surface area contributed by atoms with Gasteiger partial charge in [-0.25, -0.2) is 30.1 Å². The second-order valence-corrected chi connectivity index (χ2v) is 8.11. The Morgan fingerprint density at radius 1 is 0.632 bits per heavy atom. The van der Waals surface area contributed by atoms with E-state index in [1.165, 1.54) is 13.8 Å². The minimum Gasteiger partial charge on any atom is -0.460 e. The van der Waals surface area contributed by atoms with Crippen molar-refractivity contribution in [2.24, 2.45) is 0 Å². The molecule has 0 aromatic rings. The molecule has 0 aromatic heterocycles. The lowest BCUT2D eigenvalue weighted by Crippen LogP contribution is -2.34. The summed E-state index contributed by atoms with van der Waals surface area (Å²) in [6.07, 6.45) is 4.02. The number of nitrogens with one attached hydrogen (secondary N) is 2. The van der Waals surface area contributed by atoms with Crippen molar-refractivity contribution in [2.45, 2.75) is 51.7 Å². The number of rotatable bonds is 23. The Balaban J connectivity index is 4.16. The van der Waals surface area contributed by atoms with Gasteiger partial charge in [0, 0.05) is 36.4 Å². The van der Waals surface area contributed by atoms with Gasteiger partial charge >= 0.3 is 23.9 Å². The highest BCUT2D eigenvalue weighted by atomic mass is 16.7. The fourth-order valence-corrected chi connectivity index (χ4v) is 2.39. The van der Waals surface area contributed by atoms with Crippen LogP contribution in [0.5, 0.6) is 0 Å². The molecule has 0 heterocycles. The van der Waals surface area contributed by atoms with Crippen molar-refractivity contribution in [1.29, 1.82) is 0 Å². The fourth-order valence-electron chi connectivity index (χ4n) is 2.39. The summed E-state index contributed by atoms with van der Waals surface area (Å²) in [5.74, 6) is -2.36. The molecule has 0 saturated heterocycles. The zero-order valence-corrected chi connectivity index (χ0v) is 22.3. The summed E-state index contributed by atoms with van der Waals surface area (Å²) < 4.78 is 20.0. The summed E-state index contributed by atoms with van der Waals surface area (Å²) >= 11 is 0. The van der Waals surface area contributed by atoms with Gasteiger partial charge in [-0.2, -0.15) is 0 Å². The van der Waals surface area contributed by atoms with E-state index in [0.717, 1.165) is 37.8 Å². The molecule has 2 unspecified atom stereocenters. The average molecular weight is 541 g/mol. The molecule has 0 aliphatic rings. The second kappa shape index (κ2) is 21.7. The van der Waals surface area contributed by atoms with Crippen LogP contribution in [0.25, 0.3) is 0 Å². The van der Waals surface area contributed by atoms with Gasteiger partial charge in [0.05, 0.1) is 0 Å². The van der Waals surface area contributed by atoms with Crippen LogP contribution < -0.4 is 11.0 Å². The number of carbonyl (C=O) groups is 4. The first-order valence-electron chi connectivity index (χ1n) is 12.1. The highest BCUT2D eigenvalue weighted by Crippen LogP contribution is 2.02. The van der Waals surface area contributed by atoms with Crippen LogP contribution in [0.1, 0.15) is 39.5 Å². The van der Waals surface area contributed by atoms with Gasteiger partial charge in [-0.1, -0.05) is 39.2 Å². The van der Waals surface area contributed by atoms with Crippen molar-refractivity contribution in [1.82, 2.24) is 11.0 Å². The van der Waals surface area contributed by atoms with Crippen LogP contribution in [0, 0.1) is 0 Å². The van der Waals surface area contributed by atoms with E-state index < -0.39 is 36.1 Å².